The molecule has 0 bridgehead atoms. The van der Waals surface area contributed by atoms with Gasteiger partial charge in [-0.05, 0) is 49.8 Å². The van der Waals surface area contributed by atoms with Crippen LogP contribution in [0, 0.1) is 5.92 Å². The van der Waals surface area contributed by atoms with Crippen molar-refractivity contribution in [2.75, 3.05) is 19.6 Å². The number of nitrogens with one attached hydrogen (secondary N) is 1. The zero-order valence-electron chi connectivity index (χ0n) is 15.3. The van der Waals surface area contributed by atoms with Gasteiger partial charge in [-0.3, -0.25) is 9.48 Å². The van der Waals surface area contributed by atoms with Crippen molar-refractivity contribution in [3.05, 3.63) is 52.8 Å². The fourth-order valence-corrected chi connectivity index (χ4v) is 3.68. The van der Waals surface area contributed by atoms with E-state index < -0.39 is 0 Å². The number of rotatable bonds is 6. The molecule has 7 heteroatoms. The van der Waals surface area contributed by atoms with Crippen LogP contribution in [0.1, 0.15) is 41.6 Å². The van der Waals surface area contributed by atoms with Crippen molar-refractivity contribution in [3.63, 3.8) is 0 Å². The van der Waals surface area contributed by atoms with Gasteiger partial charge in [-0.1, -0.05) is 29.8 Å². The van der Waals surface area contributed by atoms with Crippen LogP contribution in [0.2, 0.25) is 5.02 Å². The minimum atomic E-state index is 0. The van der Waals surface area contributed by atoms with Crippen molar-refractivity contribution >= 4 is 29.9 Å². The molecule has 1 N–H and O–H groups in total. The van der Waals surface area contributed by atoms with Crippen molar-refractivity contribution in [1.82, 2.24) is 20.0 Å². The Bertz CT molecular complexity index is 767. The highest BCUT2D eigenvalue weighted by molar-refractivity contribution is 6.31. The Hall–Kier alpha value is -1.56. The second kappa shape index (κ2) is 9.09. The molecule has 2 aliphatic rings. The number of carbonyl (C=O) groups is 1. The number of aromatic nitrogens is 2. The molecule has 0 radical (unpaired) electrons. The van der Waals surface area contributed by atoms with Gasteiger partial charge in [0, 0.05) is 30.4 Å². The van der Waals surface area contributed by atoms with Crippen molar-refractivity contribution in [3.8, 4) is 0 Å². The van der Waals surface area contributed by atoms with Crippen LogP contribution in [0.3, 0.4) is 0 Å². The van der Waals surface area contributed by atoms with Crippen LogP contribution in [0.5, 0.6) is 0 Å². The number of piperidine rings is 1. The first kappa shape index (κ1) is 20.2. The van der Waals surface area contributed by atoms with Gasteiger partial charge in [-0.15, -0.1) is 12.4 Å². The van der Waals surface area contributed by atoms with Gasteiger partial charge in [-0.2, -0.15) is 5.10 Å². The highest BCUT2D eigenvalue weighted by atomic mass is 35.5. The van der Waals surface area contributed by atoms with E-state index in [9.17, 15) is 4.79 Å². The van der Waals surface area contributed by atoms with Gasteiger partial charge in [0.25, 0.3) is 5.91 Å². The molecule has 5 nitrogen and oxygen atoms in total. The molecule has 1 aromatic heterocycles. The second-order valence-electron chi connectivity index (χ2n) is 7.44. The fraction of sp³-hybridized carbons (Fsp3) is 0.500. The van der Waals surface area contributed by atoms with Crippen molar-refractivity contribution < 1.29 is 4.79 Å². The number of nitrogens with zero attached hydrogens (tertiary/aromatic N) is 3. The average Bonchev–Trinajstić information content (AvgIpc) is 3.38. The molecular formula is C20H26Cl2N4O. The van der Waals surface area contributed by atoms with E-state index in [0.717, 1.165) is 49.0 Å². The Morgan fingerprint density at radius 1 is 1.19 bits per heavy atom. The maximum Gasteiger partial charge on any atom is 0.257 e. The summed E-state index contributed by atoms with van der Waals surface area (Å²) in [6.07, 6.45) is 8.31. The third-order valence-corrected chi connectivity index (χ3v) is 5.71. The summed E-state index contributed by atoms with van der Waals surface area (Å²) >= 11 is 6.21. The molecule has 1 aliphatic heterocycles. The Kier molecular flexibility index (Phi) is 6.79. The summed E-state index contributed by atoms with van der Waals surface area (Å²) in [7, 11) is 0. The van der Waals surface area contributed by atoms with Crippen LogP contribution in [-0.2, 0) is 6.54 Å². The van der Waals surface area contributed by atoms with Gasteiger partial charge in [0.15, 0.2) is 0 Å². The van der Waals surface area contributed by atoms with Crippen molar-refractivity contribution in [2.24, 2.45) is 5.92 Å². The summed E-state index contributed by atoms with van der Waals surface area (Å²) < 4.78 is 1.78. The van der Waals surface area contributed by atoms with E-state index in [1.807, 2.05) is 35.4 Å². The van der Waals surface area contributed by atoms with Gasteiger partial charge in [0.2, 0.25) is 0 Å². The minimum Gasteiger partial charge on any atom is -0.338 e. The molecule has 1 saturated heterocycles. The van der Waals surface area contributed by atoms with Gasteiger partial charge >= 0.3 is 0 Å². The van der Waals surface area contributed by atoms with Crippen molar-refractivity contribution in [2.45, 2.75) is 38.3 Å². The Morgan fingerprint density at radius 2 is 1.93 bits per heavy atom. The maximum absolute atomic E-state index is 12.7. The zero-order chi connectivity index (χ0) is 17.9. The van der Waals surface area contributed by atoms with Crippen LogP contribution in [0.25, 0.3) is 0 Å². The number of benzene rings is 1. The summed E-state index contributed by atoms with van der Waals surface area (Å²) in [6.45, 7) is 3.35. The lowest BCUT2D eigenvalue weighted by Crippen LogP contribution is -2.45. The summed E-state index contributed by atoms with van der Waals surface area (Å²) in [4.78, 5) is 14.7. The molecule has 4 rings (SSSR count). The molecule has 146 valence electrons. The predicted molar refractivity (Wildman–Crippen MR) is 110 cm³/mol. The number of carbonyl (C=O) groups excluding carboxylic acids is 1. The molecule has 2 aromatic rings. The molecule has 0 unspecified atom stereocenters. The van der Waals surface area contributed by atoms with E-state index in [-0.39, 0.29) is 18.3 Å². The van der Waals surface area contributed by atoms with E-state index >= 15 is 0 Å². The Balaban J connectivity index is 0.00000210. The molecule has 2 heterocycles. The first-order valence-electron chi connectivity index (χ1n) is 9.47. The van der Waals surface area contributed by atoms with Gasteiger partial charge < -0.3 is 10.2 Å². The van der Waals surface area contributed by atoms with Gasteiger partial charge in [-0.25, -0.2) is 0 Å². The molecule has 0 spiro atoms. The lowest BCUT2D eigenvalue weighted by atomic mass is 10.0. The topological polar surface area (TPSA) is 50.2 Å². The number of hydrogen-bond donors (Lipinski definition) is 1. The molecule has 1 saturated carbocycles. The summed E-state index contributed by atoms with van der Waals surface area (Å²) in [6, 6.07) is 8.27. The molecule has 1 aromatic carbocycles. The Morgan fingerprint density at radius 3 is 2.63 bits per heavy atom. The van der Waals surface area contributed by atoms with Crippen LogP contribution in [0.4, 0.5) is 0 Å². The highest BCUT2D eigenvalue weighted by Crippen LogP contribution is 2.28. The monoisotopic (exact) mass is 408 g/mol. The normalized spacial score (nSPS) is 17.6. The standard InChI is InChI=1S/C20H25ClN4O.ClH/c21-19-4-2-1-3-16(19)13-25-14-17(12-23-25)20(26)24-9-7-18(8-10-24)22-11-15-5-6-15;/h1-4,12,14-15,18,22H,5-11,13H2;1H. The largest absolute Gasteiger partial charge is 0.338 e. The summed E-state index contributed by atoms with van der Waals surface area (Å²) in [5, 5.41) is 8.71. The first-order chi connectivity index (χ1) is 12.7. The Labute approximate surface area is 171 Å². The molecule has 2 fully saturated rings. The number of halogens is 2. The van der Waals surface area contributed by atoms with E-state index in [2.05, 4.69) is 10.4 Å². The predicted octanol–water partition coefficient (Wildman–Crippen LogP) is 3.61. The minimum absolute atomic E-state index is 0. The van der Waals surface area contributed by atoms with E-state index in [4.69, 9.17) is 11.6 Å². The fourth-order valence-electron chi connectivity index (χ4n) is 3.49. The summed E-state index contributed by atoms with van der Waals surface area (Å²) in [5.41, 5.74) is 1.65. The zero-order valence-corrected chi connectivity index (χ0v) is 16.9. The lowest BCUT2D eigenvalue weighted by molar-refractivity contribution is 0.0705. The highest BCUT2D eigenvalue weighted by Gasteiger charge is 2.26. The number of amides is 1. The molecule has 27 heavy (non-hydrogen) atoms. The average molecular weight is 409 g/mol. The summed E-state index contributed by atoms with van der Waals surface area (Å²) in [5.74, 6) is 0.981. The first-order valence-corrected chi connectivity index (χ1v) is 9.85. The molecule has 1 aliphatic carbocycles. The SMILES string of the molecule is Cl.O=C(c1cnn(Cc2ccccc2Cl)c1)N1CCC(NCC2CC2)CC1. The maximum atomic E-state index is 12.7. The number of likely N-dealkylation sites (tertiary alicyclic amines) is 1. The van der Waals surface area contributed by atoms with E-state index in [0.29, 0.717) is 18.2 Å². The smallest absolute Gasteiger partial charge is 0.257 e. The molecular weight excluding hydrogens is 383 g/mol. The van der Waals surface area contributed by atoms with Gasteiger partial charge in [0.1, 0.15) is 0 Å². The third-order valence-electron chi connectivity index (χ3n) is 5.34. The van der Waals surface area contributed by atoms with Gasteiger partial charge in [0.05, 0.1) is 18.3 Å². The van der Waals surface area contributed by atoms with Crippen LogP contribution < -0.4 is 5.32 Å². The van der Waals surface area contributed by atoms with Crippen LogP contribution in [0.15, 0.2) is 36.7 Å². The lowest BCUT2D eigenvalue weighted by Gasteiger charge is -2.32. The van der Waals surface area contributed by atoms with E-state index in [1.165, 1.54) is 12.8 Å². The third kappa shape index (κ3) is 5.24. The molecule has 0 atom stereocenters. The van der Waals surface area contributed by atoms with E-state index in [1.54, 1.807) is 10.9 Å². The molecule has 1 amide bonds. The second-order valence-corrected chi connectivity index (χ2v) is 7.84. The van der Waals surface area contributed by atoms with Crippen LogP contribution >= 0.6 is 24.0 Å². The number of hydrogen-bond acceptors (Lipinski definition) is 3. The van der Waals surface area contributed by atoms with Crippen LogP contribution in [-0.4, -0.2) is 46.3 Å². The quantitative estimate of drug-likeness (QED) is 0.793. The van der Waals surface area contributed by atoms with Crippen molar-refractivity contribution in [1.29, 1.82) is 0 Å².